The van der Waals surface area contributed by atoms with E-state index in [1.807, 2.05) is 7.05 Å². The maximum absolute atomic E-state index is 11.8. The zero-order valence-corrected chi connectivity index (χ0v) is 8.99. The molecule has 0 saturated carbocycles. The van der Waals surface area contributed by atoms with Gasteiger partial charge in [-0.2, -0.15) is 0 Å². The summed E-state index contributed by atoms with van der Waals surface area (Å²) in [6.07, 6.45) is 1.27. The first kappa shape index (κ1) is 11.5. The van der Waals surface area contributed by atoms with Gasteiger partial charge in [0.25, 0.3) is 0 Å². The third-order valence-corrected chi connectivity index (χ3v) is 2.67. The predicted octanol–water partition coefficient (Wildman–Crippen LogP) is -0.175. The van der Waals surface area contributed by atoms with E-state index in [4.69, 9.17) is 5.11 Å². The lowest BCUT2D eigenvalue weighted by Crippen LogP contribution is -2.35. The minimum atomic E-state index is -0.327. The lowest BCUT2D eigenvalue weighted by atomic mass is 10.1. The smallest absolute Gasteiger partial charge is 0.226 e. The molecule has 0 radical (unpaired) electrons. The van der Waals surface area contributed by atoms with Crippen molar-refractivity contribution in [2.45, 2.75) is 25.9 Å². The van der Waals surface area contributed by atoms with Crippen LogP contribution in [0.25, 0.3) is 0 Å². The Morgan fingerprint density at radius 1 is 1.71 bits per heavy atom. The number of aliphatic hydroxyl groups excluding tert-OH is 1. The van der Waals surface area contributed by atoms with Gasteiger partial charge in [0.05, 0.1) is 12.0 Å². The van der Waals surface area contributed by atoms with Crippen molar-refractivity contribution in [1.29, 1.82) is 0 Å². The third-order valence-electron chi connectivity index (χ3n) is 2.67. The van der Waals surface area contributed by atoms with Crippen molar-refractivity contribution in [3.05, 3.63) is 0 Å². The second-order valence-electron chi connectivity index (χ2n) is 4.09. The zero-order valence-electron chi connectivity index (χ0n) is 8.99. The number of aliphatic hydroxyl groups is 1. The van der Waals surface area contributed by atoms with Crippen LogP contribution < -0.4 is 5.32 Å². The molecule has 1 saturated heterocycles. The Hall–Kier alpha value is -0.610. The minimum absolute atomic E-state index is 0.147. The highest BCUT2D eigenvalue weighted by Crippen LogP contribution is 2.11. The zero-order chi connectivity index (χ0) is 10.6. The quantitative estimate of drug-likeness (QED) is 0.662. The van der Waals surface area contributed by atoms with E-state index >= 15 is 0 Å². The van der Waals surface area contributed by atoms with Crippen molar-refractivity contribution in [2.75, 3.05) is 26.7 Å². The number of rotatable bonds is 4. The normalized spacial score (nSPS) is 23.5. The van der Waals surface area contributed by atoms with Gasteiger partial charge in [-0.3, -0.25) is 4.79 Å². The molecule has 4 nitrogen and oxygen atoms in total. The maximum Gasteiger partial charge on any atom is 0.226 e. The van der Waals surface area contributed by atoms with Gasteiger partial charge < -0.3 is 15.3 Å². The van der Waals surface area contributed by atoms with Crippen LogP contribution >= 0.6 is 0 Å². The molecule has 1 amide bonds. The SMILES string of the molecule is CC(O)CCN(C)C(=O)C1CCNC1. The summed E-state index contributed by atoms with van der Waals surface area (Å²) in [4.78, 5) is 13.5. The Morgan fingerprint density at radius 2 is 2.43 bits per heavy atom. The summed E-state index contributed by atoms with van der Waals surface area (Å²) in [6, 6.07) is 0. The average molecular weight is 200 g/mol. The number of nitrogens with zero attached hydrogens (tertiary/aromatic N) is 1. The van der Waals surface area contributed by atoms with Crippen LogP contribution in [0.5, 0.6) is 0 Å². The molecule has 82 valence electrons. The molecule has 2 N–H and O–H groups in total. The van der Waals surface area contributed by atoms with Gasteiger partial charge in [0.15, 0.2) is 0 Å². The Morgan fingerprint density at radius 3 is 2.93 bits per heavy atom. The Balaban J connectivity index is 2.28. The third kappa shape index (κ3) is 3.27. The lowest BCUT2D eigenvalue weighted by Gasteiger charge is -2.21. The van der Waals surface area contributed by atoms with E-state index in [-0.39, 0.29) is 17.9 Å². The second kappa shape index (κ2) is 5.32. The van der Waals surface area contributed by atoms with Gasteiger partial charge in [-0.05, 0) is 26.3 Å². The predicted molar refractivity (Wildman–Crippen MR) is 54.9 cm³/mol. The Bertz CT molecular complexity index is 189. The molecule has 1 aliphatic heterocycles. The topological polar surface area (TPSA) is 52.6 Å². The van der Waals surface area contributed by atoms with Crippen LogP contribution in [0.1, 0.15) is 19.8 Å². The van der Waals surface area contributed by atoms with Crippen molar-refractivity contribution in [3.63, 3.8) is 0 Å². The van der Waals surface area contributed by atoms with E-state index in [2.05, 4.69) is 5.32 Å². The van der Waals surface area contributed by atoms with Gasteiger partial charge in [0, 0.05) is 20.1 Å². The molecule has 1 fully saturated rings. The Labute approximate surface area is 85.3 Å². The van der Waals surface area contributed by atoms with Gasteiger partial charge in [-0.1, -0.05) is 0 Å². The van der Waals surface area contributed by atoms with E-state index in [1.54, 1.807) is 11.8 Å². The molecule has 0 spiro atoms. The molecule has 0 aliphatic carbocycles. The molecule has 0 bridgehead atoms. The molecule has 1 heterocycles. The van der Waals surface area contributed by atoms with Gasteiger partial charge in [-0.15, -0.1) is 0 Å². The molecule has 0 aromatic heterocycles. The molecular weight excluding hydrogens is 180 g/mol. The fourth-order valence-corrected chi connectivity index (χ4v) is 1.67. The number of amides is 1. The highest BCUT2D eigenvalue weighted by atomic mass is 16.3. The maximum atomic E-state index is 11.8. The monoisotopic (exact) mass is 200 g/mol. The van der Waals surface area contributed by atoms with Crippen LogP contribution in [0.15, 0.2) is 0 Å². The number of hydrogen-bond donors (Lipinski definition) is 2. The highest BCUT2D eigenvalue weighted by Gasteiger charge is 2.24. The van der Waals surface area contributed by atoms with E-state index in [9.17, 15) is 4.79 Å². The number of carbonyl (C=O) groups is 1. The molecule has 1 aliphatic rings. The molecule has 1 rings (SSSR count). The summed E-state index contributed by atoms with van der Waals surface area (Å²) < 4.78 is 0. The molecule has 2 atom stereocenters. The summed E-state index contributed by atoms with van der Waals surface area (Å²) in [6.45, 7) is 4.14. The van der Waals surface area contributed by atoms with Crippen LogP contribution in [-0.2, 0) is 4.79 Å². The second-order valence-corrected chi connectivity index (χ2v) is 4.09. The van der Waals surface area contributed by atoms with Crippen LogP contribution in [0.4, 0.5) is 0 Å². The fraction of sp³-hybridized carbons (Fsp3) is 0.900. The summed E-state index contributed by atoms with van der Waals surface area (Å²) in [5.74, 6) is 0.352. The van der Waals surface area contributed by atoms with Crippen molar-refractivity contribution in [1.82, 2.24) is 10.2 Å². The number of carbonyl (C=O) groups excluding carboxylic acids is 1. The first-order valence-electron chi connectivity index (χ1n) is 5.25. The molecule has 0 aromatic carbocycles. The van der Waals surface area contributed by atoms with Crippen molar-refractivity contribution < 1.29 is 9.90 Å². The summed E-state index contributed by atoms with van der Waals surface area (Å²) in [5, 5.41) is 12.3. The molecule has 0 aromatic rings. The average Bonchev–Trinajstić information content (AvgIpc) is 2.65. The fourth-order valence-electron chi connectivity index (χ4n) is 1.67. The molecule has 4 heteroatoms. The highest BCUT2D eigenvalue weighted by molar-refractivity contribution is 5.79. The summed E-state index contributed by atoms with van der Waals surface area (Å²) in [5.41, 5.74) is 0. The molecule has 2 unspecified atom stereocenters. The van der Waals surface area contributed by atoms with Gasteiger partial charge >= 0.3 is 0 Å². The van der Waals surface area contributed by atoms with Gasteiger partial charge in [0.2, 0.25) is 5.91 Å². The van der Waals surface area contributed by atoms with E-state index in [1.165, 1.54) is 0 Å². The first-order valence-corrected chi connectivity index (χ1v) is 5.25. The molecule has 14 heavy (non-hydrogen) atoms. The van der Waals surface area contributed by atoms with E-state index in [0.717, 1.165) is 19.5 Å². The largest absolute Gasteiger partial charge is 0.393 e. The van der Waals surface area contributed by atoms with Crippen LogP contribution in [0.3, 0.4) is 0 Å². The van der Waals surface area contributed by atoms with Gasteiger partial charge in [0.1, 0.15) is 0 Å². The minimum Gasteiger partial charge on any atom is -0.393 e. The number of hydrogen-bond acceptors (Lipinski definition) is 3. The number of nitrogens with one attached hydrogen (secondary N) is 1. The van der Waals surface area contributed by atoms with E-state index in [0.29, 0.717) is 13.0 Å². The van der Waals surface area contributed by atoms with E-state index < -0.39 is 0 Å². The van der Waals surface area contributed by atoms with Crippen molar-refractivity contribution >= 4 is 5.91 Å². The summed E-state index contributed by atoms with van der Waals surface area (Å²) >= 11 is 0. The first-order chi connectivity index (χ1) is 6.61. The van der Waals surface area contributed by atoms with Crippen LogP contribution in [0, 0.1) is 5.92 Å². The summed E-state index contributed by atoms with van der Waals surface area (Å²) in [7, 11) is 1.81. The molecular formula is C10H20N2O2. The Kier molecular flexibility index (Phi) is 4.35. The standard InChI is InChI=1S/C10H20N2O2/c1-8(13)4-6-12(2)10(14)9-3-5-11-7-9/h8-9,11,13H,3-7H2,1-2H3. The van der Waals surface area contributed by atoms with Crippen molar-refractivity contribution in [3.8, 4) is 0 Å². The van der Waals surface area contributed by atoms with Gasteiger partial charge in [-0.25, -0.2) is 0 Å². The van der Waals surface area contributed by atoms with Crippen LogP contribution in [-0.4, -0.2) is 48.7 Å². The van der Waals surface area contributed by atoms with Crippen molar-refractivity contribution in [2.24, 2.45) is 5.92 Å². The van der Waals surface area contributed by atoms with Crippen LogP contribution in [0.2, 0.25) is 0 Å². The lowest BCUT2D eigenvalue weighted by molar-refractivity contribution is -0.133.